The second kappa shape index (κ2) is 9.78. The molecule has 140 valence electrons. The van der Waals surface area contributed by atoms with Gasteiger partial charge in [0.05, 0.1) is 5.02 Å². The molecule has 1 aromatic carbocycles. The molecule has 0 unspecified atom stereocenters. The molecule has 3 aromatic rings. The summed E-state index contributed by atoms with van der Waals surface area (Å²) in [6, 6.07) is 13.0. The summed E-state index contributed by atoms with van der Waals surface area (Å²) in [5, 5.41) is 4.55. The van der Waals surface area contributed by atoms with Gasteiger partial charge in [0.25, 0.3) is 5.22 Å². The van der Waals surface area contributed by atoms with Crippen LogP contribution in [0.2, 0.25) is 5.02 Å². The third-order valence-electron chi connectivity index (χ3n) is 3.63. The maximum Gasteiger partial charge on any atom is 0.262 e. The van der Waals surface area contributed by atoms with Gasteiger partial charge in [-0.3, -0.25) is 4.79 Å². The number of aromatic nitrogens is 2. The van der Waals surface area contributed by atoms with Gasteiger partial charge in [-0.2, -0.15) is 0 Å². The maximum atomic E-state index is 11.9. The predicted octanol–water partition coefficient (Wildman–Crippen LogP) is 4.83. The van der Waals surface area contributed by atoms with Crippen LogP contribution in [-0.2, 0) is 11.2 Å². The first-order valence-corrected chi connectivity index (χ1v) is 10.1. The third kappa shape index (κ3) is 5.48. The van der Waals surface area contributed by atoms with Gasteiger partial charge >= 0.3 is 0 Å². The molecular weight excluding hydrogens is 405 g/mol. The summed E-state index contributed by atoms with van der Waals surface area (Å²) in [5.74, 6) is 0.905. The molecule has 0 aliphatic heterocycles. The minimum absolute atomic E-state index is 0.0870. The first-order valence-electron chi connectivity index (χ1n) is 8.33. The lowest BCUT2D eigenvalue weighted by atomic mass is 10.1. The Hall–Kier alpha value is -2.02. The summed E-state index contributed by atoms with van der Waals surface area (Å²) >= 11 is 13.3. The molecule has 0 atom stereocenters. The van der Waals surface area contributed by atoms with Crippen molar-refractivity contribution in [2.24, 2.45) is 0 Å². The Morgan fingerprint density at radius 3 is 2.74 bits per heavy atom. The van der Waals surface area contributed by atoms with Crippen molar-refractivity contribution in [3.05, 3.63) is 59.4 Å². The lowest BCUT2D eigenvalue weighted by Crippen LogP contribution is -2.25. The summed E-state index contributed by atoms with van der Waals surface area (Å²) in [6.07, 6.45) is 2.39. The summed E-state index contributed by atoms with van der Waals surface area (Å²) in [6.45, 7) is 0.439. The van der Waals surface area contributed by atoms with E-state index in [9.17, 15) is 4.79 Å². The highest BCUT2D eigenvalue weighted by molar-refractivity contribution is 7.99. The maximum absolute atomic E-state index is 11.9. The number of pyridine rings is 1. The molecule has 1 amide bonds. The Morgan fingerprint density at radius 2 is 2.00 bits per heavy atom. The van der Waals surface area contributed by atoms with Crippen LogP contribution in [0.1, 0.15) is 12.2 Å². The number of hydrogen-bond acceptors (Lipinski definition) is 5. The second-order valence-corrected chi connectivity index (χ2v) is 7.30. The van der Waals surface area contributed by atoms with E-state index in [-0.39, 0.29) is 12.3 Å². The summed E-state index contributed by atoms with van der Waals surface area (Å²) in [7, 11) is 0. The molecule has 0 spiro atoms. The van der Waals surface area contributed by atoms with E-state index in [4.69, 9.17) is 27.6 Å². The minimum atomic E-state index is -0.0870. The molecule has 0 bridgehead atoms. The van der Waals surface area contributed by atoms with Gasteiger partial charge in [-0.15, -0.1) is 11.6 Å². The zero-order valence-electron chi connectivity index (χ0n) is 14.3. The Labute approximate surface area is 171 Å². The van der Waals surface area contributed by atoms with Crippen LogP contribution in [0, 0.1) is 0 Å². The topological polar surface area (TPSA) is 68.0 Å². The average Bonchev–Trinajstić information content (AvgIpc) is 3.08. The summed E-state index contributed by atoms with van der Waals surface area (Å²) < 4.78 is 5.93. The lowest BCUT2D eigenvalue weighted by Gasteiger charge is -2.04. The van der Waals surface area contributed by atoms with Crippen molar-refractivity contribution in [2.75, 3.05) is 12.4 Å². The van der Waals surface area contributed by atoms with Crippen LogP contribution in [0.15, 0.2) is 63.3 Å². The fourth-order valence-corrected chi connectivity index (χ4v) is 3.44. The summed E-state index contributed by atoms with van der Waals surface area (Å²) in [4.78, 5) is 20.8. The van der Waals surface area contributed by atoms with Crippen LogP contribution < -0.4 is 5.32 Å². The number of benzene rings is 1. The van der Waals surface area contributed by atoms with Crippen molar-refractivity contribution in [1.82, 2.24) is 15.3 Å². The second-order valence-electron chi connectivity index (χ2n) is 5.54. The van der Waals surface area contributed by atoms with E-state index in [1.165, 1.54) is 11.8 Å². The molecule has 2 heterocycles. The Kier molecular flexibility index (Phi) is 7.15. The normalized spacial score (nSPS) is 10.7. The number of hydrogen-bond donors (Lipinski definition) is 1. The smallest absolute Gasteiger partial charge is 0.262 e. The van der Waals surface area contributed by atoms with Crippen molar-refractivity contribution in [2.45, 2.75) is 23.1 Å². The van der Waals surface area contributed by atoms with Gasteiger partial charge in [-0.1, -0.05) is 35.9 Å². The highest BCUT2D eigenvalue weighted by Crippen LogP contribution is 2.35. The van der Waals surface area contributed by atoms with Crippen LogP contribution in [0.5, 0.6) is 0 Å². The average molecular weight is 422 g/mol. The molecule has 8 heteroatoms. The molecule has 27 heavy (non-hydrogen) atoms. The monoisotopic (exact) mass is 421 g/mol. The van der Waals surface area contributed by atoms with Gasteiger partial charge in [-0.05, 0) is 30.0 Å². The number of halogens is 2. The molecule has 5 nitrogen and oxygen atoms in total. The van der Waals surface area contributed by atoms with Crippen LogP contribution in [0.3, 0.4) is 0 Å². The number of nitrogens with one attached hydrogen (secondary N) is 1. The molecule has 3 rings (SSSR count). The van der Waals surface area contributed by atoms with E-state index in [2.05, 4.69) is 15.3 Å². The number of amides is 1. The predicted molar refractivity (Wildman–Crippen MR) is 107 cm³/mol. The van der Waals surface area contributed by atoms with Crippen molar-refractivity contribution in [3.63, 3.8) is 0 Å². The quantitative estimate of drug-likeness (QED) is 0.527. The van der Waals surface area contributed by atoms with E-state index in [1.807, 2.05) is 36.4 Å². The van der Waals surface area contributed by atoms with Crippen LogP contribution >= 0.6 is 35.0 Å². The largest absolute Gasteiger partial charge is 0.436 e. The van der Waals surface area contributed by atoms with Crippen molar-refractivity contribution >= 4 is 40.9 Å². The molecule has 0 saturated heterocycles. The first kappa shape index (κ1) is 19.7. The zero-order chi connectivity index (χ0) is 19.1. The van der Waals surface area contributed by atoms with Crippen molar-refractivity contribution < 1.29 is 9.21 Å². The van der Waals surface area contributed by atoms with Crippen LogP contribution in [0.4, 0.5) is 0 Å². The molecule has 0 aliphatic carbocycles. The van der Waals surface area contributed by atoms with Crippen molar-refractivity contribution in [1.29, 1.82) is 0 Å². The fraction of sp³-hybridized carbons (Fsp3) is 0.211. The molecule has 0 aliphatic rings. The van der Waals surface area contributed by atoms with Gasteiger partial charge in [0.15, 0.2) is 0 Å². The van der Waals surface area contributed by atoms with E-state index >= 15 is 0 Å². The number of aryl methyl sites for hydroxylation is 1. The lowest BCUT2D eigenvalue weighted by molar-refractivity contribution is -0.121. The Bertz CT molecular complexity index is 903. The standard InChI is InChI=1S/C19H17Cl2N3O2S/c20-10-12-22-16(25)9-8-15-18(13-5-1-2-6-14(13)21)24-19(26-15)27-17-7-3-4-11-23-17/h1-7,11H,8-10,12H2,(H,22,25). The van der Waals surface area contributed by atoms with Gasteiger partial charge in [0.2, 0.25) is 5.91 Å². The Morgan fingerprint density at radius 1 is 1.19 bits per heavy atom. The molecule has 0 saturated carbocycles. The van der Waals surface area contributed by atoms with Crippen molar-refractivity contribution in [3.8, 4) is 11.3 Å². The third-order valence-corrected chi connectivity index (χ3v) is 4.95. The highest BCUT2D eigenvalue weighted by atomic mass is 35.5. The number of carbonyl (C=O) groups is 1. The molecule has 0 fully saturated rings. The molecular formula is C19H17Cl2N3O2S. The van der Waals surface area contributed by atoms with Crippen LogP contribution in [0.25, 0.3) is 11.3 Å². The number of alkyl halides is 1. The number of rotatable bonds is 8. The zero-order valence-corrected chi connectivity index (χ0v) is 16.7. The number of nitrogens with zero attached hydrogens (tertiary/aromatic N) is 2. The van der Waals surface area contributed by atoms with Gasteiger partial charge in [-0.25, -0.2) is 9.97 Å². The number of oxazole rings is 1. The number of carbonyl (C=O) groups excluding carboxylic acids is 1. The fourth-order valence-electron chi connectivity index (χ4n) is 2.41. The van der Waals surface area contributed by atoms with E-state index < -0.39 is 0 Å². The van der Waals surface area contributed by atoms with E-state index in [1.54, 1.807) is 12.3 Å². The van der Waals surface area contributed by atoms with Gasteiger partial charge < -0.3 is 9.73 Å². The van der Waals surface area contributed by atoms with Gasteiger partial charge in [0, 0.05) is 37.0 Å². The molecule has 1 N–H and O–H groups in total. The van der Waals surface area contributed by atoms with Gasteiger partial charge in [0.1, 0.15) is 16.5 Å². The SMILES string of the molecule is O=C(CCc1oc(Sc2ccccn2)nc1-c1ccccc1Cl)NCCCl. The van der Waals surface area contributed by atoms with E-state index in [0.717, 1.165) is 10.6 Å². The Balaban J connectivity index is 1.85. The first-order chi connectivity index (χ1) is 13.2. The summed E-state index contributed by atoms with van der Waals surface area (Å²) in [5.41, 5.74) is 1.41. The molecule has 0 radical (unpaired) electrons. The minimum Gasteiger partial charge on any atom is -0.436 e. The highest BCUT2D eigenvalue weighted by Gasteiger charge is 2.19. The molecule has 2 aromatic heterocycles. The van der Waals surface area contributed by atoms with Crippen LogP contribution in [-0.4, -0.2) is 28.3 Å². The van der Waals surface area contributed by atoms with E-state index in [0.29, 0.717) is 40.5 Å².